The summed E-state index contributed by atoms with van der Waals surface area (Å²) in [5, 5.41) is 9.36. The molecule has 0 spiro atoms. The minimum Gasteiger partial charge on any atom is -0.497 e. The average Bonchev–Trinajstić information content (AvgIpc) is 2.37. The number of nitrogens with two attached hydrogens (primary N) is 1. The lowest BCUT2D eigenvalue weighted by Crippen LogP contribution is -2.49. The summed E-state index contributed by atoms with van der Waals surface area (Å²) in [6, 6.07) is 8.84. The van der Waals surface area contributed by atoms with Crippen LogP contribution in [0.5, 0.6) is 5.75 Å². The van der Waals surface area contributed by atoms with E-state index in [0.29, 0.717) is 12.6 Å². The van der Waals surface area contributed by atoms with Crippen molar-refractivity contribution in [2.45, 2.75) is 44.3 Å². The zero-order chi connectivity index (χ0) is 14.5. The van der Waals surface area contributed by atoms with Crippen LogP contribution >= 0.6 is 0 Å². The van der Waals surface area contributed by atoms with Crippen LogP contribution in [0.3, 0.4) is 0 Å². The molecule has 0 bridgehead atoms. The first-order chi connectivity index (χ1) is 9.67. The maximum Gasteiger partial charge on any atom is 0.118 e. The van der Waals surface area contributed by atoms with Crippen LogP contribution in [0.2, 0.25) is 0 Å². The number of benzene rings is 1. The molecule has 0 aliphatic heterocycles. The summed E-state index contributed by atoms with van der Waals surface area (Å²) in [6.07, 6.45) is 3.69. The second-order valence-electron chi connectivity index (χ2n) is 5.62. The minimum atomic E-state index is 0.0237. The Morgan fingerprint density at radius 2 is 2.00 bits per heavy atom. The normalized spacial score (nSPS) is 18.6. The van der Waals surface area contributed by atoms with Gasteiger partial charge in [-0.3, -0.25) is 4.90 Å². The van der Waals surface area contributed by atoms with Gasteiger partial charge in [0.15, 0.2) is 0 Å². The Morgan fingerprint density at radius 1 is 1.35 bits per heavy atom. The summed E-state index contributed by atoms with van der Waals surface area (Å²) in [5.41, 5.74) is 7.43. The summed E-state index contributed by atoms with van der Waals surface area (Å²) in [7, 11) is 1.67. The van der Waals surface area contributed by atoms with Crippen LogP contribution < -0.4 is 10.5 Å². The molecule has 1 aliphatic carbocycles. The first kappa shape index (κ1) is 15.3. The predicted octanol–water partition coefficient (Wildman–Crippen LogP) is 1.93. The van der Waals surface area contributed by atoms with Crippen LogP contribution in [0.4, 0.5) is 0 Å². The third-order valence-corrected chi connectivity index (χ3v) is 4.21. The van der Waals surface area contributed by atoms with E-state index in [0.717, 1.165) is 5.75 Å². The number of methoxy groups -OCH3 is 1. The fourth-order valence-corrected chi connectivity index (χ4v) is 2.98. The molecule has 0 heterocycles. The van der Waals surface area contributed by atoms with Gasteiger partial charge in [0.1, 0.15) is 5.75 Å². The van der Waals surface area contributed by atoms with Crippen LogP contribution in [0.1, 0.15) is 37.8 Å². The lowest BCUT2D eigenvalue weighted by Gasteiger charge is -2.44. The molecule has 1 aromatic rings. The number of ether oxygens (including phenoxy) is 1. The van der Waals surface area contributed by atoms with Gasteiger partial charge in [-0.2, -0.15) is 0 Å². The average molecular weight is 278 g/mol. The zero-order valence-electron chi connectivity index (χ0n) is 12.5. The maximum atomic E-state index is 9.36. The highest BCUT2D eigenvalue weighted by Crippen LogP contribution is 2.34. The number of aliphatic hydroxyl groups is 1. The van der Waals surface area contributed by atoms with Gasteiger partial charge in [0, 0.05) is 24.7 Å². The van der Waals surface area contributed by atoms with Crippen molar-refractivity contribution < 1.29 is 9.84 Å². The van der Waals surface area contributed by atoms with E-state index in [-0.39, 0.29) is 18.7 Å². The molecule has 3 N–H and O–H groups in total. The van der Waals surface area contributed by atoms with Crippen molar-refractivity contribution in [1.29, 1.82) is 0 Å². The number of nitrogens with zero attached hydrogens (tertiary/aromatic N) is 1. The van der Waals surface area contributed by atoms with Crippen molar-refractivity contribution in [3.05, 3.63) is 29.8 Å². The van der Waals surface area contributed by atoms with E-state index in [9.17, 15) is 5.11 Å². The van der Waals surface area contributed by atoms with Crippen molar-refractivity contribution in [3.8, 4) is 5.75 Å². The van der Waals surface area contributed by atoms with Gasteiger partial charge in [-0.05, 0) is 37.5 Å². The first-order valence-electron chi connectivity index (χ1n) is 7.43. The highest BCUT2D eigenvalue weighted by Gasteiger charge is 2.32. The molecular weight excluding hydrogens is 252 g/mol. The molecule has 4 nitrogen and oxygen atoms in total. The van der Waals surface area contributed by atoms with Gasteiger partial charge < -0.3 is 15.6 Å². The van der Waals surface area contributed by atoms with E-state index < -0.39 is 0 Å². The summed E-state index contributed by atoms with van der Waals surface area (Å²) in [6.45, 7) is 2.90. The number of aliphatic hydroxyl groups excluding tert-OH is 1. The van der Waals surface area contributed by atoms with E-state index in [1.54, 1.807) is 7.11 Å². The molecule has 112 valence electrons. The zero-order valence-corrected chi connectivity index (χ0v) is 12.5. The lowest BCUT2D eigenvalue weighted by molar-refractivity contribution is 0.0503. The summed E-state index contributed by atoms with van der Waals surface area (Å²) in [5.74, 6) is 0.856. The van der Waals surface area contributed by atoms with Gasteiger partial charge >= 0.3 is 0 Å². The molecule has 1 aromatic carbocycles. The quantitative estimate of drug-likeness (QED) is 0.800. The predicted molar refractivity (Wildman–Crippen MR) is 80.8 cm³/mol. The molecule has 2 atom stereocenters. The molecule has 1 saturated carbocycles. The Balaban J connectivity index is 2.22. The van der Waals surface area contributed by atoms with E-state index in [1.165, 1.54) is 24.8 Å². The Kier molecular flexibility index (Phi) is 5.40. The summed E-state index contributed by atoms with van der Waals surface area (Å²) < 4.78 is 5.21. The largest absolute Gasteiger partial charge is 0.497 e. The highest BCUT2D eigenvalue weighted by atomic mass is 16.5. The van der Waals surface area contributed by atoms with Gasteiger partial charge in [0.2, 0.25) is 0 Å². The van der Waals surface area contributed by atoms with Crippen LogP contribution in [0.15, 0.2) is 24.3 Å². The highest BCUT2D eigenvalue weighted by molar-refractivity contribution is 5.30. The van der Waals surface area contributed by atoms with Crippen LogP contribution in [0, 0.1) is 0 Å². The second-order valence-corrected chi connectivity index (χ2v) is 5.62. The van der Waals surface area contributed by atoms with Gasteiger partial charge in [-0.25, -0.2) is 0 Å². The molecule has 0 radical (unpaired) electrons. The summed E-state index contributed by atoms with van der Waals surface area (Å²) in [4.78, 5) is 2.37. The molecule has 1 fully saturated rings. The number of hydrogen-bond donors (Lipinski definition) is 2. The fraction of sp³-hybridized carbons (Fsp3) is 0.625. The molecule has 0 amide bonds. The van der Waals surface area contributed by atoms with Crippen molar-refractivity contribution in [2.24, 2.45) is 5.73 Å². The van der Waals surface area contributed by atoms with Gasteiger partial charge in [0.25, 0.3) is 0 Å². The third kappa shape index (κ3) is 3.32. The van der Waals surface area contributed by atoms with E-state index >= 15 is 0 Å². The van der Waals surface area contributed by atoms with Crippen LogP contribution in [-0.2, 0) is 0 Å². The fourth-order valence-electron chi connectivity index (χ4n) is 2.98. The minimum absolute atomic E-state index is 0.0237. The third-order valence-electron chi connectivity index (χ3n) is 4.21. The van der Waals surface area contributed by atoms with Crippen LogP contribution in [0.25, 0.3) is 0 Å². The molecule has 1 aliphatic rings. The topological polar surface area (TPSA) is 58.7 Å². The van der Waals surface area contributed by atoms with Gasteiger partial charge in [0.05, 0.1) is 13.7 Å². The van der Waals surface area contributed by atoms with Crippen LogP contribution in [-0.4, -0.2) is 42.4 Å². The molecule has 0 saturated heterocycles. The SMILES string of the molecule is COc1ccc(C(C(C)N)N(CCO)C2CCC2)cc1. The van der Waals surface area contributed by atoms with E-state index in [1.807, 2.05) is 19.1 Å². The standard InChI is InChI=1S/C16H26N2O2/c1-12(17)16(13-6-8-15(20-2)9-7-13)18(10-11-19)14-4-3-5-14/h6-9,12,14,16,19H,3-5,10-11,17H2,1-2H3. The lowest BCUT2D eigenvalue weighted by atomic mass is 9.87. The number of rotatable bonds is 7. The molecule has 4 heteroatoms. The molecular formula is C16H26N2O2. The van der Waals surface area contributed by atoms with E-state index in [4.69, 9.17) is 10.5 Å². The van der Waals surface area contributed by atoms with Gasteiger partial charge in [-0.15, -0.1) is 0 Å². The molecule has 0 aromatic heterocycles. The molecule has 20 heavy (non-hydrogen) atoms. The Labute approximate surface area is 121 Å². The Hall–Kier alpha value is -1.10. The first-order valence-corrected chi connectivity index (χ1v) is 7.43. The monoisotopic (exact) mass is 278 g/mol. The Bertz CT molecular complexity index is 401. The van der Waals surface area contributed by atoms with Gasteiger partial charge in [-0.1, -0.05) is 18.6 Å². The number of hydrogen-bond acceptors (Lipinski definition) is 4. The van der Waals surface area contributed by atoms with Crippen molar-refractivity contribution in [1.82, 2.24) is 4.90 Å². The maximum absolute atomic E-state index is 9.36. The van der Waals surface area contributed by atoms with E-state index in [2.05, 4.69) is 17.0 Å². The second kappa shape index (κ2) is 7.07. The van der Waals surface area contributed by atoms with Crippen molar-refractivity contribution >= 4 is 0 Å². The molecule has 2 unspecified atom stereocenters. The summed E-state index contributed by atoms with van der Waals surface area (Å²) >= 11 is 0. The van der Waals surface area contributed by atoms with Crippen molar-refractivity contribution in [2.75, 3.05) is 20.3 Å². The Morgan fingerprint density at radius 3 is 2.40 bits per heavy atom. The molecule has 2 rings (SSSR count). The van der Waals surface area contributed by atoms with Crippen molar-refractivity contribution in [3.63, 3.8) is 0 Å². The smallest absolute Gasteiger partial charge is 0.118 e.